The van der Waals surface area contributed by atoms with Crippen LogP contribution in [0, 0.1) is 5.92 Å². The van der Waals surface area contributed by atoms with Crippen LogP contribution >= 0.6 is 11.3 Å². The number of rotatable bonds is 13. The molecule has 51 heavy (non-hydrogen) atoms. The molecule has 270 valence electrons. The Balaban J connectivity index is 1.19. The second-order valence-electron chi connectivity index (χ2n) is 15.5. The fourth-order valence-corrected chi connectivity index (χ4v) is 14.2. The summed E-state index contributed by atoms with van der Waals surface area (Å²) < 4.78 is 53.0. The van der Waals surface area contributed by atoms with Gasteiger partial charge in [0.15, 0.2) is 0 Å². The molecule has 10 heteroatoms. The first-order chi connectivity index (χ1) is 24.5. The molecule has 2 atom stereocenters. The molecule has 0 radical (unpaired) electrons. The molecular weight excluding hydrogens is 682 g/mol. The molecule has 5 aromatic rings. The molecule has 1 N–H and O–H groups in total. The number of halogens is 3. The number of aromatic nitrogens is 2. The van der Waals surface area contributed by atoms with Gasteiger partial charge in [-0.15, -0.1) is 11.3 Å². The van der Waals surface area contributed by atoms with E-state index in [4.69, 9.17) is 9.41 Å². The number of hydrogen-bond donors (Lipinski definition) is 1. The molecule has 2 aliphatic heterocycles. The Morgan fingerprint density at radius 1 is 0.941 bits per heavy atom. The van der Waals surface area contributed by atoms with Crippen LogP contribution in [0.1, 0.15) is 61.3 Å². The molecule has 0 aliphatic carbocycles. The van der Waals surface area contributed by atoms with Crippen molar-refractivity contribution in [1.82, 2.24) is 19.8 Å². The smallest absolute Gasteiger partial charge is 0.282 e. The molecule has 0 saturated carbocycles. The lowest BCUT2D eigenvalue weighted by atomic mass is 9.92. The average molecular weight is 731 g/mol. The second-order valence-corrected chi connectivity index (χ2v) is 21.0. The van der Waals surface area contributed by atoms with Gasteiger partial charge in [0.2, 0.25) is 0 Å². The van der Waals surface area contributed by atoms with Gasteiger partial charge in [-0.2, -0.15) is 0 Å². The fourth-order valence-electron chi connectivity index (χ4n) is 8.41. The zero-order valence-electron chi connectivity index (χ0n) is 30.0. The van der Waals surface area contributed by atoms with Crippen LogP contribution in [-0.4, -0.2) is 79.5 Å². The Morgan fingerprint density at radius 2 is 1.59 bits per heavy atom. The van der Waals surface area contributed by atoms with E-state index in [0.29, 0.717) is 18.8 Å². The van der Waals surface area contributed by atoms with Gasteiger partial charge in [0.05, 0.1) is 19.8 Å². The molecule has 1 saturated heterocycles. The molecule has 2 aliphatic rings. The highest BCUT2D eigenvalue weighted by molar-refractivity contribution is 7.11. The number of benzene rings is 3. The van der Waals surface area contributed by atoms with E-state index in [1.54, 1.807) is 11.3 Å². The van der Waals surface area contributed by atoms with Crippen molar-refractivity contribution in [3.8, 4) is 0 Å². The van der Waals surface area contributed by atoms with Crippen LogP contribution in [0.25, 0.3) is 10.9 Å². The molecule has 4 heterocycles. The van der Waals surface area contributed by atoms with Crippen LogP contribution < -0.4 is 10.4 Å². The maximum atomic E-state index is 16.8. The van der Waals surface area contributed by atoms with Gasteiger partial charge in [-0.05, 0) is 59.1 Å². The van der Waals surface area contributed by atoms with E-state index in [2.05, 4.69) is 49.7 Å². The first-order valence-electron chi connectivity index (χ1n) is 18.2. The van der Waals surface area contributed by atoms with Crippen molar-refractivity contribution in [2.75, 3.05) is 39.5 Å². The van der Waals surface area contributed by atoms with Crippen LogP contribution in [0.2, 0.25) is 5.04 Å². The topological polar surface area (TPSA) is 44.4 Å². The molecule has 0 spiro atoms. The van der Waals surface area contributed by atoms with Gasteiger partial charge < -0.3 is 14.3 Å². The largest absolute Gasteiger partial charge is 0.401 e. The summed E-state index contributed by atoms with van der Waals surface area (Å²) in [4.78, 5) is 14.0. The minimum absolute atomic E-state index is 0.150. The lowest BCUT2D eigenvalue weighted by Gasteiger charge is -2.45. The molecule has 3 aromatic carbocycles. The number of likely N-dealkylation sites (tertiary alicyclic amines) is 1. The maximum absolute atomic E-state index is 16.8. The number of alkyl halides is 3. The van der Waals surface area contributed by atoms with Crippen LogP contribution in [0.15, 0.2) is 91.1 Å². The van der Waals surface area contributed by atoms with Crippen LogP contribution in [-0.2, 0) is 17.3 Å². The molecule has 0 bridgehead atoms. The zero-order valence-corrected chi connectivity index (χ0v) is 31.9. The van der Waals surface area contributed by atoms with Crippen molar-refractivity contribution in [2.24, 2.45) is 5.92 Å². The Bertz CT molecular complexity index is 1860. The van der Waals surface area contributed by atoms with Crippen LogP contribution in [0.5, 0.6) is 0 Å². The van der Waals surface area contributed by atoms with Crippen molar-refractivity contribution in [3.05, 3.63) is 112 Å². The predicted octanol–water partition coefficient (Wildman–Crippen LogP) is 8.01. The summed E-state index contributed by atoms with van der Waals surface area (Å²) in [5.41, 5.74) is 3.16. The van der Waals surface area contributed by atoms with E-state index < -0.39 is 38.5 Å². The van der Waals surface area contributed by atoms with E-state index in [9.17, 15) is 4.39 Å². The summed E-state index contributed by atoms with van der Waals surface area (Å²) >= 11 is 1.64. The Kier molecular flexibility index (Phi) is 10.3. The predicted molar refractivity (Wildman–Crippen MR) is 205 cm³/mol. The summed E-state index contributed by atoms with van der Waals surface area (Å²) in [7, 11) is -3.16. The number of aromatic amines is 1. The van der Waals surface area contributed by atoms with E-state index in [1.165, 1.54) is 5.56 Å². The summed E-state index contributed by atoms with van der Waals surface area (Å²) in [5.74, 6) is -2.64. The highest BCUT2D eigenvalue weighted by atomic mass is 32.1. The summed E-state index contributed by atoms with van der Waals surface area (Å²) in [6.07, 6.45) is 4.08. The van der Waals surface area contributed by atoms with Gasteiger partial charge in [0.25, 0.3) is 14.2 Å². The maximum Gasteiger partial charge on any atom is 0.282 e. The quantitative estimate of drug-likeness (QED) is 0.125. The molecule has 7 rings (SSSR count). The molecular formula is C41H49F3N4OSSi. The highest BCUT2D eigenvalue weighted by Gasteiger charge is 2.52. The SMILES string of the molecule is C[C@@H]1Cc2c([nH]c3ccccc23)[C@@H](c2ncc(CC3CN(CCCF)C3)s2)N1CC(F)(F)CO[Si](c1ccccc1)(c1ccccc1)C(C)(C)C. The van der Waals surface area contributed by atoms with E-state index in [0.717, 1.165) is 62.9 Å². The Labute approximate surface area is 305 Å². The van der Waals surface area contributed by atoms with E-state index >= 15 is 8.78 Å². The van der Waals surface area contributed by atoms with Gasteiger partial charge in [0, 0.05) is 53.3 Å². The number of hydrogen-bond acceptors (Lipinski definition) is 5. The molecule has 0 amide bonds. The molecule has 5 nitrogen and oxygen atoms in total. The number of H-pyrrole nitrogens is 1. The Hall–Kier alpha value is -3.28. The first kappa shape index (κ1) is 36.1. The van der Waals surface area contributed by atoms with Gasteiger partial charge in [-0.25, -0.2) is 13.8 Å². The number of para-hydroxylation sites is 1. The van der Waals surface area contributed by atoms with Gasteiger partial charge in [0.1, 0.15) is 11.0 Å². The third-order valence-electron chi connectivity index (χ3n) is 10.8. The lowest BCUT2D eigenvalue weighted by Crippen LogP contribution is -2.67. The van der Waals surface area contributed by atoms with E-state index in [-0.39, 0.29) is 12.7 Å². The normalized spacial score (nSPS) is 19.4. The molecule has 2 aromatic heterocycles. The number of nitrogens with one attached hydrogen (secondary N) is 1. The summed E-state index contributed by atoms with van der Waals surface area (Å²) in [5, 5.41) is 3.54. The first-order valence-corrected chi connectivity index (χ1v) is 20.9. The minimum Gasteiger partial charge on any atom is -0.401 e. The third-order valence-corrected chi connectivity index (χ3v) is 16.8. The van der Waals surface area contributed by atoms with Gasteiger partial charge in [-0.1, -0.05) is 99.6 Å². The van der Waals surface area contributed by atoms with Crippen molar-refractivity contribution in [3.63, 3.8) is 0 Å². The monoisotopic (exact) mass is 730 g/mol. The highest BCUT2D eigenvalue weighted by Crippen LogP contribution is 2.44. The van der Waals surface area contributed by atoms with Gasteiger partial charge >= 0.3 is 0 Å². The second kappa shape index (κ2) is 14.6. The lowest BCUT2D eigenvalue weighted by molar-refractivity contribution is -0.0820. The summed E-state index contributed by atoms with van der Waals surface area (Å²) in [6.45, 7) is 9.71. The standard InChI is InChI=1S/C41H49F3N4OSSi/c1-29-22-35-34-18-11-12-19-36(34)46-37(35)38(39-45-24-31(50-39)23-30-25-47(26-30)21-13-20-42)48(29)27-41(43,44)28-49-51(40(2,3)4,32-14-7-5-8-15-32)33-16-9-6-10-17-33/h5-12,14-19,24,29-30,38,46H,13,20-23,25-28H2,1-4H3/t29-,38+/m1/s1. The van der Waals surface area contributed by atoms with Gasteiger partial charge in [-0.3, -0.25) is 9.29 Å². The number of thiazole rings is 1. The minimum atomic E-state index is -3.16. The third kappa shape index (κ3) is 7.22. The van der Waals surface area contributed by atoms with Crippen LogP contribution in [0.3, 0.4) is 0 Å². The van der Waals surface area contributed by atoms with Crippen molar-refractivity contribution in [1.29, 1.82) is 0 Å². The van der Waals surface area contributed by atoms with Crippen molar-refractivity contribution < 1.29 is 17.6 Å². The molecule has 1 fully saturated rings. The summed E-state index contributed by atoms with van der Waals surface area (Å²) in [6, 6.07) is 27.6. The fraction of sp³-hybridized carbons (Fsp3) is 0.439. The zero-order chi connectivity index (χ0) is 35.8. The van der Waals surface area contributed by atoms with Crippen molar-refractivity contribution >= 4 is 40.9 Å². The Morgan fingerprint density at radius 3 is 2.24 bits per heavy atom. The molecule has 0 unspecified atom stereocenters. The number of nitrogens with zero attached hydrogens (tertiary/aromatic N) is 3. The average Bonchev–Trinajstić information content (AvgIpc) is 3.71. The van der Waals surface area contributed by atoms with E-state index in [1.807, 2.05) is 83.9 Å². The van der Waals surface area contributed by atoms with Crippen molar-refractivity contribution in [2.45, 2.75) is 70.0 Å². The van der Waals surface area contributed by atoms with Crippen LogP contribution in [0.4, 0.5) is 13.2 Å². The number of fused-ring (bicyclic) bond motifs is 3.